The summed E-state index contributed by atoms with van der Waals surface area (Å²) in [6.45, 7) is 5.82. The summed E-state index contributed by atoms with van der Waals surface area (Å²) in [7, 11) is 0. The Bertz CT molecular complexity index is 2240. The van der Waals surface area contributed by atoms with Gasteiger partial charge >= 0.3 is 0 Å². The number of aldehydes is 1. The van der Waals surface area contributed by atoms with Gasteiger partial charge in [0, 0.05) is 18.2 Å². The van der Waals surface area contributed by atoms with E-state index in [-0.39, 0.29) is 5.91 Å². The number of amides is 1. The first kappa shape index (κ1) is 34.9. The molecule has 0 N–H and O–H groups in total. The van der Waals surface area contributed by atoms with Crippen LogP contribution in [0.15, 0.2) is 146 Å². The predicted molar refractivity (Wildman–Crippen MR) is 209 cm³/mol. The molecule has 0 bridgehead atoms. The first-order valence-corrected chi connectivity index (χ1v) is 17.9. The van der Waals surface area contributed by atoms with E-state index in [0.29, 0.717) is 42.2 Å². The van der Waals surface area contributed by atoms with Gasteiger partial charge in [0.2, 0.25) is 11.7 Å². The van der Waals surface area contributed by atoms with Crippen LogP contribution in [0.25, 0.3) is 22.5 Å². The molecule has 5 aromatic carbocycles. The van der Waals surface area contributed by atoms with E-state index in [9.17, 15) is 9.59 Å². The van der Waals surface area contributed by atoms with E-state index in [4.69, 9.17) is 15.4 Å². The molecule has 2 aromatic heterocycles. The Morgan fingerprint density at radius 3 is 1.77 bits per heavy atom. The van der Waals surface area contributed by atoms with E-state index in [2.05, 4.69) is 47.4 Å². The van der Waals surface area contributed by atoms with Crippen molar-refractivity contribution in [2.45, 2.75) is 45.7 Å². The third kappa shape index (κ3) is 6.67. The van der Waals surface area contributed by atoms with Crippen molar-refractivity contribution in [1.82, 2.24) is 25.2 Å². The van der Waals surface area contributed by atoms with Gasteiger partial charge in [0.05, 0.1) is 23.5 Å². The molecule has 0 saturated carbocycles. The average molecular weight is 697 g/mol. The number of anilines is 1. The predicted octanol–water partition coefficient (Wildman–Crippen LogP) is 8.73. The standard InChI is InChI=1S/C45H40N6O2/c1-4-38-29-43(41(31-52)42(5-2)46-38)50(32(3)53)30-33-25-27-34(28-26-33)39-23-15-16-24-40(39)44-47-49-51(48-44)45(35-17-9-6-10-18-35,36-19-11-7-12-20-36)37-21-13-8-14-22-37/h6-29,31H,4-5,30H2,1-3H3. The van der Waals surface area contributed by atoms with Gasteiger partial charge in [-0.25, -0.2) is 0 Å². The number of rotatable bonds is 12. The van der Waals surface area contributed by atoms with E-state index in [1.807, 2.05) is 117 Å². The van der Waals surface area contributed by atoms with Gasteiger partial charge in [-0.2, -0.15) is 0 Å². The lowest BCUT2D eigenvalue weighted by Gasteiger charge is -2.34. The largest absolute Gasteiger partial charge is 0.307 e. The molecule has 0 radical (unpaired) electrons. The minimum Gasteiger partial charge on any atom is -0.307 e. The van der Waals surface area contributed by atoms with Gasteiger partial charge in [-0.1, -0.05) is 153 Å². The van der Waals surface area contributed by atoms with Crippen LogP contribution >= 0.6 is 0 Å². The molecule has 0 unspecified atom stereocenters. The van der Waals surface area contributed by atoms with E-state index in [1.165, 1.54) is 6.92 Å². The average Bonchev–Trinajstić information content (AvgIpc) is 3.71. The number of aromatic nitrogens is 5. The molecule has 0 aliphatic heterocycles. The highest BCUT2D eigenvalue weighted by Crippen LogP contribution is 2.40. The van der Waals surface area contributed by atoms with Gasteiger partial charge in [0.1, 0.15) is 0 Å². The zero-order valence-electron chi connectivity index (χ0n) is 30.1. The second-order valence-corrected chi connectivity index (χ2v) is 12.9. The Morgan fingerprint density at radius 2 is 1.26 bits per heavy atom. The molecule has 0 spiro atoms. The van der Waals surface area contributed by atoms with Gasteiger partial charge in [-0.05, 0) is 57.5 Å². The maximum absolute atomic E-state index is 13.0. The number of tetrazole rings is 1. The number of hydrogen-bond acceptors (Lipinski definition) is 6. The van der Waals surface area contributed by atoms with Crippen LogP contribution in [-0.4, -0.2) is 37.4 Å². The highest BCUT2D eigenvalue weighted by atomic mass is 16.2. The fourth-order valence-corrected chi connectivity index (χ4v) is 7.07. The molecule has 0 aliphatic carbocycles. The van der Waals surface area contributed by atoms with Gasteiger partial charge in [-0.3, -0.25) is 14.6 Å². The number of nitrogens with zero attached hydrogens (tertiary/aromatic N) is 6. The molecule has 8 heteroatoms. The molecule has 0 fully saturated rings. The number of pyridine rings is 1. The van der Waals surface area contributed by atoms with Crippen LogP contribution in [0.4, 0.5) is 5.69 Å². The summed E-state index contributed by atoms with van der Waals surface area (Å²) in [5, 5.41) is 14.6. The van der Waals surface area contributed by atoms with Crippen LogP contribution in [0.5, 0.6) is 0 Å². The van der Waals surface area contributed by atoms with E-state index in [1.54, 1.807) is 9.70 Å². The molecular formula is C45H40N6O2. The van der Waals surface area contributed by atoms with Gasteiger partial charge in [0.25, 0.3) is 0 Å². The lowest BCUT2D eigenvalue weighted by atomic mass is 9.77. The summed E-state index contributed by atoms with van der Waals surface area (Å²) >= 11 is 0. The fourth-order valence-electron chi connectivity index (χ4n) is 7.07. The summed E-state index contributed by atoms with van der Waals surface area (Å²) in [6.07, 6.45) is 2.11. The van der Waals surface area contributed by atoms with Crippen molar-refractivity contribution in [3.05, 3.63) is 185 Å². The monoisotopic (exact) mass is 696 g/mol. The highest BCUT2D eigenvalue weighted by Gasteiger charge is 2.41. The second kappa shape index (κ2) is 15.4. The van der Waals surface area contributed by atoms with Crippen molar-refractivity contribution >= 4 is 17.9 Å². The normalized spacial score (nSPS) is 11.3. The smallest absolute Gasteiger partial charge is 0.224 e. The zero-order chi connectivity index (χ0) is 36.8. The molecule has 2 heterocycles. The van der Waals surface area contributed by atoms with Crippen LogP contribution in [0.1, 0.15) is 64.8 Å². The molecule has 8 nitrogen and oxygen atoms in total. The van der Waals surface area contributed by atoms with Crippen LogP contribution in [0.2, 0.25) is 0 Å². The molecule has 0 aliphatic rings. The fraction of sp³-hybridized carbons (Fsp3) is 0.156. The Hall–Kier alpha value is -6.54. The third-order valence-corrected chi connectivity index (χ3v) is 9.72. The third-order valence-electron chi connectivity index (χ3n) is 9.72. The van der Waals surface area contributed by atoms with Crippen LogP contribution < -0.4 is 4.90 Å². The Balaban J connectivity index is 1.27. The maximum atomic E-state index is 13.0. The summed E-state index contributed by atoms with van der Waals surface area (Å²) in [4.78, 5) is 33.3. The molecule has 7 aromatic rings. The lowest BCUT2D eigenvalue weighted by molar-refractivity contribution is -0.116. The molecule has 262 valence electrons. The Morgan fingerprint density at radius 1 is 0.717 bits per heavy atom. The van der Waals surface area contributed by atoms with E-state index >= 15 is 0 Å². The SMILES string of the molecule is CCc1cc(N(Cc2ccc(-c3ccccc3-c3nnn(C(c4ccccc4)(c4ccccc4)c4ccccc4)n3)cc2)C(C)=O)c(C=O)c(CC)n1. The molecule has 7 rings (SSSR count). The summed E-state index contributed by atoms with van der Waals surface area (Å²) < 4.78 is 0. The van der Waals surface area contributed by atoms with Crippen LogP contribution in [-0.2, 0) is 29.7 Å². The number of hydrogen-bond donors (Lipinski definition) is 0. The van der Waals surface area contributed by atoms with Crippen molar-refractivity contribution in [3.63, 3.8) is 0 Å². The first-order chi connectivity index (χ1) is 26.0. The molecule has 1 amide bonds. The first-order valence-electron chi connectivity index (χ1n) is 17.9. The zero-order valence-corrected chi connectivity index (χ0v) is 30.1. The summed E-state index contributed by atoms with van der Waals surface area (Å²) in [6, 6.07) is 48.9. The van der Waals surface area contributed by atoms with E-state index < -0.39 is 5.54 Å². The summed E-state index contributed by atoms with van der Waals surface area (Å²) in [5.74, 6) is 0.349. The van der Waals surface area contributed by atoms with Crippen molar-refractivity contribution < 1.29 is 9.59 Å². The van der Waals surface area contributed by atoms with Crippen molar-refractivity contribution in [3.8, 4) is 22.5 Å². The van der Waals surface area contributed by atoms with E-state index in [0.717, 1.165) is 50.9 Å². The Kier molecular flexibility index (Phi) is 10.1. The van der Waals surface area contributed by atoms with Gasteiger partial charge < -0.3 is 4.90 Å². The number of benzene rings is 5. The minimum atomic E-state index is -0.886. The van der Waals surface area contributed by atoms with Gasteiger partial charge in [0.15, 0.2) is 11.8 Å². The molecule has 0 atom stereocenters. The highest BCUT2D eigenvalue weighted by molar-refractivity contribution is 5.98. The maximum Gasteiger partial charge on any atom is 0.224 e. The summed E-state index contributed by atoms with van der Waals surface area (Å²) in [5.41, 5.74) is 8.42. The number of carbonyl (C=O) groups is 2. The minimum absolute atomic E-state index is 0.149. The number of aryl methyl sites for hydroxylation is 2. The number of carbonyl (C=O) groups excluding carboxylic acids is 2. The lowest BCUT2D eigenvalue weighted by Crippen LogP contribution is -2.39. The van der Waals surface area contributed by atoms with Gasteiger partial charge in [-0.15, -0.1) is 15.0 Å². The van der Waals surface area contributed by atoms with Crippen LogP contribution in [0.3, 0.4) is 0 Å². The van der Waals surface area contributed by atoms with Crippen LogP contribution in [0, 0.1) is 0 Å². The molecular weight excluding hydrogens is 657 g/mol. The quantitative estimate of drug-likeness (QED) is 0.0937. The second-order valence-electron chi connectivity index (χ2n) is 12.9. The topological polar surface area (TPSA) is 93.9 Å². The Labute approximate surface area is 309 Å². The van der Waals surface area contributed by atoms with Crippen molar-refractivity contribution in [2.24, 2.45) is 0 Å². The molecule has 0 saturated heterocycles. The molecule has 53 heavy (non-hydrogen) atoms. The van der Waals surface area contributed by atoms with Crippen molar-refractivity contribution in [2.75, 3.05) is 4.90 Å². The van der Waals surface area contributed by atoms with Crippen molar-refractivity contribution in [1.29, 1.82) is 0 Å².